The Bertz CT molecular complexity index is 728. The van der Waals surface area contributed by atoms with Crippen molar-refractivity contribution in [1.82, 2.24) is 4.98 Å². The van der Waals surface area contributed by atoms with Gasteiger partial charge in [0, 0.05) is 17.0 Å². The lowest BCUT2D eigenvalue weighted by Crippen LogP contribution is -2.36. The fourth-order valence-electron chi connectivity index (χ4n) is 2.97. The summed E-state index contributed by atoms with van der Waals surface area (Å²) in [6, 6.07) is 7.65. The SMILES string of the molecule is CCOC(=O)CC1(CC)OCCc2nc(-c3ccc(Cl)cc3)sc21. The first-order chi connectivity index (χ1) is 11.6. The average molecular weight is 366 g/mol. The van der Waals surface area contributed by atoms with Crippen molar-refractivity contribution in [2.75, 3.05) is 13.2 Å². The van der Waals surface area contributed by atoms with E-state index in [4.69, 9.17) is 26.1 Å². The Morgan fingerprint density at radius 1 is 1.38 bits per heavy atom. The van der Waals surface area contributed by atoms with Crippen LogP contribution in [0.4, 0.5) is 0 Å². The molecule has 0 radical (unpaired) electrons. The van der Waals surface area contributed by atoms with Crippen molar-refractivity contribution in [2.45, 2.75) is 38.7 Å². The minimum Gasteiger partial charge on any atom is -0.466 e. The van der Waals surface area contributed by atoms with Crippen LogP contribution in [0.25, 0.3) is 10.6 Å². The number of nitrogens with zero attached hydrogens (tertiary/aromatic N) is 1. The highest BCUT2D eigenvalue weighted by molar-refractivity contribution is 7.15. The molecule has 3 rings (SSSR count). The third-order valence-corrected chi connectivity index (χ3v) is 5.81. The lowest BCUT2D eigenvalue weighted by Gasteiger charge is -2.35. The number of carbonyl (C=O) groups excluding carboxylic acids is 1. The van der Waals surface area contributed by atoms with Crippen LogP contribution in [0, 0.1) is 0 Å². The molecular formula is C18H20ClNO3S. The van der Waals surface area contributed by atoms with Crippen LogP contribution in [-0.4, -0.2) is 24.2 Å². The Balaban J connectivity index is 1.97. The van der Waals surface area contributed by atoms with Crippen molar-refractivity contribution in [2.24, 2.45) is 0 Å². The molecule has 0 aliphatic carbocycles. The van der Waals surface area contributed by atoms with Crippen LogP contribution in [-0.2, 0) is 26.3 Å². The number of ether oxygens (including phenoxy) is 2. The molecule has 0 N–H and O–H groups in total. The normalized spacial score (nSPS) is 19.8. The van der Waals surface area contributed by atoms with Crippen molar-refractivity contribution in [1.29, 1.82) is 0 Å². The maximum atomic E-state index is 12.1. The second-order valence-corrected chi connectivity index (χ2v) is 7.17. The van der Waals surface area contributed by atoms with E-state index in [9.17, 15) is 4.79 Å². The molecule has 0 amide bonds. The summed E-state index contributed by atoms with van der Waals surface area (Å²) in [4.78, 5) is 17.9. The largest absolute Gasteiger partial charge is 0.466 e. The van der Waals surface area contributed by atoms with Crippen LogP contribution in [0.2, 0.25) is 5.02 Å². The minimum atomic E-state index is -0.623. The van der Waals surface area contributed by atoms with Crippen molar-refractivity contribution < 1.29 is 14.3 Å². The molecular weight excluding hydrogens is 346 g/mol. The van der Waals surface area contributed by atoms with Gasteiger partial charge in [-0.05, 0) is 25.5 Å². The zero-order chi connectivity index (χ0) is 17.2. The molecule has 24 heavy (non-hydrogen) atoms. The monoisotopic (exact) mass is 365 g/mol. The van der Waals surface area contributed by atoms with Gasteiger partial charge < -0.3 is 9.47 Å². The lowest BCUT2D eigenvalue weighted by molar-refractivity contribution is -0.154. The summed E-state index contributed by atoms with van der Waals surface area (Å²) in [5.74, 6) is -0.228. The van der Waals surface area contributed by atoms with E-state index in [0.29, 0.717) is 24.7 Å². The zero-order valence-electron chi connectivity index (χ0n) is 13.8. The van der Waals surface area contributed by atoms with Gasteiger partial charge in [-0.3, -0.25) is 4.79 Å². The minimum absolute atomic E-state index is 0.228. The van der Waals surface area contributed by atoms with Gasteiger partial charge >= 0.3 is 5.97 Å². The Labute approximate surface area is 150 Å². The average Bonchev–Trinajstić information content (AvgIpc) is 3.01. The van der Waals surface area contributed by atoms with E-state index in [1.165, 1.54) is 0 Å². The molecule has 4 nitrogen and oxygen atoms in total. The predicted molar refractivity (Wildman–Crippen MR) is 95.4 cm³/mol. The lowest BCUT2D eigenvalue weighted by atomic mass is 9.90. The molecule has 2 heterocycles. The summed E-state index contributed by atoms with van der Waals surface area (Å²) in [5, 5.41) is 1.64. The number of hydrogen-bond donors (Lipinski definition) is 0. The summed E-state index contributed by atoms with van der Waals surface area (Å²) in [7, 11) is 0. The van der Waals surface area contributed by atoms with Crippen molar-refractivity contribution in [3.8, 4) is 10.6 Å². The van der Waals surface area contributed by atoms with Crippen LogP contribution in [0.5, 0.6) is 0 Å². The maximum Gasteiger partial charge on any atom is 0.309 e. The number of esters is 1. The summed E-state index contributed by atoms with van der Waals surface area (Å²) < 4.78 is 11.2. The molecule has 1 aromatic carbocycles. The molecule has 6 heteroatoms. The van der Waals surface area contributed by atoms with Gasteiger partial charge in [-0.15, -0.1) is 11.3 Å². The Hall–Kier alpha value is -1.43. The molecule has 1 unspecified atom stereocenters. The van der Waals surface area contributed by atoms with E-state index in [0.717, 1.165) is 27.6 Å². The van der Waals surface area contributed by atoms with Crippen molar-refractivity contribution in [3.63, 3.8) is 0 Å². The van der Waals surface area contributed by atoms with E-state index in [-0.39, 0.29) is 12.4 Å². The van der Waals surface area contributed by atoms with Gasteiger partial charge in [0.2, 0.25) is 0 Å². The number of aromatic nitrogens is 1. The standard InChI is InChI=1S/C18H20ClNO3S/c1-3-18(11-15(21)22-4-2)16-14(9-10-23-18)20-17(24-16)12-5-7-13(19)8-6-12/h5-8H,3-4,9-11H2,1-2H3. The third-order valence-electron chi connectivity index (χ3n) is 4.23. The van der Waals surface area contributed by atoms with Crippen molar-refractivity contribution >= 4 is 28.9 Å². The van der Waals surface area contributed by atoms with Gasteiger partial charge in [0.15, 0.2) is 0 Å². The van der Waals surface area contributed by atoms with Gasteiger partial charge in [-0.25, -0.2) is 4.98 Å². The summed E-state index contributed by atoms with van der Waals surface area (Å²) >= 11 is 7.57. The number of thiazole rings is 1. The fraction of sp³-hybridized carbons (Fsp3) is 0.444. The Morgan fingerprint density at radius 2 is 2.12 bits per heavy atom. The van der Waals surface area contributed by atoms with E-state index in [1.807, 2.05) is 38.1 Å². The molecule has 1 atom stereocenters. The highest BCUT2D eigenvalue weighted by atomic mass is 35.5. The van der Waals surface area contributed by atoms with Crippen LogP contribution in [0.3, 0.4) is 0 Å². The van der Waals surface area contributed by atoms with Crippen LogP contribution in [0.1, 0.15) is 37.3 Å². The number of fused-ring (bicyclic) bond motifs is 1. The molecule has 1 aliphatic heterocycles. The Morgan fingerprint density at radius 3 is 2.79 bits per heavy atom. The highest BCUT2D eigenvalue weighted by Gasteiger charge is 2.41. The topological polar surface area (TPSA) is 48.4 Å². The van der Waals surface area contributed by atoms with Gasteiger partial charge in [0.05, 0.1) is 30.2 Å². The quantitative estimate of drug-likeness (QED) is 0.727. The number of hydrogen-bond acceptors (Lipinski definition) is 5. The van der Waals surface area contributed by atoms with E-state index in [2.05, 4.69) is 0 Å². The second kappa shape index (κ2) is 7.21. The van der Waals surface area contributed by atoms with Crippen LogP contribution < -0.4 is 0 Å². The molecule has 0 spiro atoms. The summed E-state index contributed by atoms with van der Waals surface area (Å²) in [5.41, 5.74) is 1.43. The first-order valence-electron chi connectivity index (χ1n) is 8.13. The molecule has 0 saturated carbocycles. The molecule has 128 valence electrons. The number of carbonyl (C=O) groups is 1. The van der Waals surface area contributed by atoms with Crippen LogP contribution >= 0.6 is 22.9 Å². The Kier molecular flexibility index (Phi) is 5.23. The van der Waals surface area contributed by atoms with E-state index < -0.39 is 5.60 Å². The predicted octanol–water partition coefficient (Wildman–Crippen LogP) is 4.59. The number of halogens is 1. The maximum absolute atomic E-state index is 12.1. The zero-order valence-corrected chi connectivity index (χ0v) is 15.4. The van der Waals surface area contributed by atoms with Gasteiger partial charge in [-0.2, -0.15) is 0 Å². The fourth-order valence-corrected chi connectivity index (χ4v) is 4.42. The van der Waals surface area contributed by atoms with E-state index >= 15 is 0 Å². The molecule has 1 aromatic heterocycles. The third kappa shape index (κ3) is 3.34. The summed E-state index contributed by atoms with van der Waals surface area (Å²) in [6.45, 7) is 4.80. The van der Waals surface area contributed by atoms with Gasteiger partial charge in [-0.1, -0.05) is 30.7 Å². The van der Waals surface area contributed by atoms with Crippen molar-refractivity contribution in [3.05, 3.63) is 39.9 Å². The van der Waals surface area contributed by atoms with Crippen LogP contribution in [0.15, 0.2) is 24.3 Å². The van der Waals surface area contributed by atoms with Gasteiger partial charge in [0.25, 0.3) is 0 Å². The molecule has 0 fully saturated rings. The number of rotatable bonds is 5. The summed E-state index contributed by atoms with van der Waals surface area (Å²) in [6.07, 6.45) is 1.71. The molecule has 2 aromatic rings. The van der Waals surface area contributed by atoms with Gasteiger partial charge in [0.1, 0.15) is 10.6 Å². The second-order valence-electron chi connectivity index (χ2n) is 5.73. The molecule has 0 saturated heterocycles. The molecule has 0 bridgehead atoms. The smallest absolute Gasteiger partial charge is 0.309 e. The molecule has 1 aliphatic rings. The van der Waals surface area contributed by atoms with E-state index in [1.54, 1.807) is 11.3 Å². The first-order valence-corrected chi connectivity index (χ1v) is 9.33. The first kappa shape index (κ1) is 17.4. The number of benzene rings is 1. The highest BCUT2D eigenvalue weighted by Crippen LogP contribution is 2.44.